The third kappa shape index (κ3) is 3.75. The van der Waals surface area contributed by atoms with Gasteiger partial charge in [0.05, 0.1) is 11.3 Å². The molecule has 1 amide bonds. The van der Waals surface area contributed by atoms with Gasteiger partial charge in [-0.25, -0.2) is 0 Å². The number of amides is 1. The molecule has 0 atom stereocenters. The molecule has 1 heterocycles. The predicted octanol–water partition coefficient (Wildman–Crippen LogP) is 3.48. The largest absolute Gasteiger partial charge is 0.507 e. The minimum atomic E-state index is -0.156. The molecule has 0 saturated carbocycles. The monoisotopic (exact) mass is 341 g/mol. The van der Waals surface area contributed by atoms with Gasteiger partial charge in [0, 0.05) is 5.69 Å². The fourth-order valence-corrected chi connectivity index (χ4v) is 2.62. The molecule has 24 heavy (non-hydrogen) atoms. The fourth-order valence-electron chi connectivity index (χ4n) is 2.06. The van der Waals surface area contributed by atoms with E-state index in [4.69, 9.17) is 4.42 Å². The summed E-state index contributed by atoms with van der Waals surface area (Å²) in [5.74, 6) is 0.276. The van der Waals surface area contributed by atoms with E-state index >= 15 is 0 Å². The molecule has 0 aliphatic rings. The summed E-state index contributed by atoms with van der Waals surface area (Å²) < 4.78 is 5.48. The standard InChI is InChI=1S/C17H15N3O3S/c1-11-6-2-4-8-13(11)18-15(22)10-24-17-20-19-16(23-17)12-7-3-5-9-14(12)21/h2-9,21H,10H2,1H3,(H,18,22). The number of anilines is 1. The highest BCUT2D eigenvalue weighted by Crippen LogP contribution is 2.29. The molecule has 0 fully saturated rings. The van der Waals surface area contributed by atoms with Gasteiger partial charge in [0.2, 0.25) is 5.91 Å². The van der Waals surface area contributed by atoms with Crippen molar-refractivity contribution in [3.05, 3.63) is 54.1 Å². The average Bonchev–Trinajstić information content (AvgIpc) is 3.04. The smallest absolute Gasteiger partial charge is 0.277 e. The average molecular weight is 341 g/mol. The highest BCUT2D eigenvalue weighted by Gasteiger charge is 2.14. The molecule has 0 radical (unpaired) electrons. The van der Waals surface area contributed by atoms with Gasteiger partial charge in [-0.3, -0.25) is 4.79 Å². The summed E-state index contributed by atoms with van der Waals surface area (Å²) in [7, 11) is 0. The highest BCUT2D eigenvalue weighted by atomic mass is 32.2. The first-order chi connectivity index (χ1) is 11.6. The number of carbonyl (C=O) groups excluding carboxylic acids is 1. The van der Waals surface area contributed by atoms with Crippen molar-refractivity contribution >= 4 is 23.4 Å². The van der Waals surface area contributed by atoms with Crippen molar-refractivity contribution in [1.29, 1.82) is 0 Å². The van der Waals surface area contributed by atoms with E-state index in [-0.39, 0.29) is 28.5 Å². The number of carbonyl (C=O) groups is 1. The molecule has 7 heteroatoms. The van der Waals surface area contributed by atoms with Crippen molar-refractivity contribution < 1.29 is 14.3 Å². The summed E-state index contributed by atoms with van der Waals surface area (Å²) >= 11 is 1.14. The Balaban J connectivity index is 1.61. The maximum atomic E-state index is 12.0. The minimum absolute atomic E-state index is 0.0648. The van der Waals surface area contributed by atoms with Crippen LogP contribution >= 0.6 is 11.8 Å². The number of rotatable bonds is 5. The van der Waals surface area contributed by atoms with E-state index in [1.807, 2.05) is 31.2 Å². The summed E-state index contributed by atoms with van der Waals surface area (Å²) in [6.45, 7) is 1.93. The van der Waals surface area contributed by atoms with E-state index < -0.39 is 0 Å². The number of nitrogens with one attached hydrogen (secondary N) is 1. The minimum Gasteiger partial charge on any atom is -0.507 e. The number of thioether (sulfide) groups is 1. The zero-order valence-electron chi connectivity index (χ0n) is 12.9. The van der Waals surface area contributed by atoms with Gasteiger partial charge < -0.3 is 14.8 Å². The van der Waals surface area contributed by atoms with Crippen molar-refractivity contribution in [2.24, 2.45) is 0 Å². The molecular weight excluding hydrogens is 326 g/mol. The normalized spacial score (nSPS) is 10.5. The number of para-hydroxylation sites is 2. The number of nitrogens with zero attached hydrogens (tertiary/aromatic N) is 2. The Morgan fingerprint density at radius 1 is 1.17 bits per heavy atom. The number of aromatic nitrogens is 2. The number of hydrogen-bond donors (Lipinski definition) is 2. The van der Waals surface area contributed by atoms with Crippen molar-refractivity contribution in [1.82, 2.24) is 10.2 Å². The number of hydrogen-bond acceptors (Lipinski definition) is 6. The fraction of sp³-hybridized carbons (Fsp3) is 0.118. The maximum Gasteiger partial charge on any atom is 0.277 e. The topological polar surface area (TPSA) is 88.2 Å². The van der Waals surface area contributed by atoms with Crippen molar-refractivity contribution in [3.63, 3.8) is 0 Å². The molecule has 0 bridgehead atoms. The van der Waals surface area contributed by atoms with Crippen LogP contribution in [0.3, 0.4) is 0 Å². The second-order valence-corrected chi connectivity index (χ2v) is 5.97. The third-order valence-electron chi connectivity index (χ3n) is 3.29. The van der Waals surface area contributed by atoms with Gasteiger partial charge in [-0.2, -0.15) is 0 Å². The van der Waals surface area contributed by atoms with Gasteiger partial charge in [-0.05, 0) is 30.7 Å². The molecule has 0 aliphatic carbocycles. The Morgan fingerprint density at radius 3 is 2.71 bits per heavy atom. The van der Waals surface area contributed by atoms with Crippen LogP contribution in [-0.2, 0) is 4.79 Å². The van der Waals surface area contributed by atoms with Crippen LogP contribution in [0.25, 0.3) is 11.5 Å². The summed E-state index contributed by atoms with van der Waals surface area (Å²) in [5, 5.41) is 20.7. The molecule has 0 saturated heterocycles. The van der Waals surface area contributed by atoms with E-state index in [0.717, 1.165) is 23.0 Å². The van der Waals surface area contributed by atoms with Gasteiger partial charge in [-0.15, -0.1) is 10.2 Å². The lowest BCUT2D eigenvalue weighted by atomic mass is 10.2. The highest BCUT2D eigenvalue weighted by molar-refractivity contribution is 7.99. The van der Waals surface area contributed by atoms with Crippen molar-refractivity contribution in [2.75, 3.05) is 11.1 Å². The summed E-state index contributed by atoms with van der Waals surface area (Å²) in [6, 6.07) is 14.3. The molecule has 6 nitrogen and oxygen atoms in total. The number of benzene rings is 2. The van der Waals surface area contributed by atoms with Crippen LogP contribution in [0.5, 0.6) is 5.75 Å². The number of phenolic OH excluding ortho intramolecular Hbond substituents is 1. The lowest BCUT2D eigenvalue weighted by Crippen LogP contribution is -2.14. The van der Waals surface area contributed by atoms with E-state index in [1.54, 1.807) is 24.3 Å². The molecule has 122 valence electrons. The van der Waals surface area contributed by atoms with Gasteiger partial charge in [-0.1, -0.05) is 42.1 Å². The number of aromatic hydroxyl groups is 1. The third-order valence-corrected chi connectivity index (χ3v) is 4.11. The van der Waals surface area contributed by atoms with E-state index in [2.05, 4.69) is 15.5 Å². The molecule has 2 aromatic carbocycles. The lowest BCUT2D eigenvalue weighted by Gasteiger charge is -2.06. The van der Waals surface area contributed by atoms with Gasteiger partial charge in [0.15, 0.2) is 0 Å². The van der Waals surface area contributed by atoms with Gasteiger partial charge in [0.1, 0.15) is 5.75 Å². The van der Waals surface area contributed by atoms with Crippen LogP contribution in [0.4, 0.5) is 5.69 Å². The number of aryl methyl sites for hydroxylation is 1. The number of phenols is 1. The summed E-state index contributed by atoms with van der Waals surface area (Å²) in [4.78, 5) is 12.0. The molecule has 0 spiro atoms. The summed E-state index contributed by atoms with van der Waals surface area (Å²) in [5.41, 5.74) is 2.24. The Bertz CT molecular complexity index is 864. The van der Waals surface area contributed by atoms with E-state index in [9.17, 15) is 9.90 Å². The van der Waals surface area contributed by atoms with Crippen LogP contribution in [-0.4, -0.2) is 27.0 Å². The molecule has 0 unspecified atom stereocenters. The van der Waals surface area contributed by atoms with Gasteiger partial charge in [0.25, 0.3) is 11.1 Å². The zero-order valence-corrected chi connectivity index (χ0v) is 13.7. The lowest BCUT2D eigenvalue weighted by molar-refractivity contribution is -0.113. The quantitative estimate of drug-likeness (QED) is 0.691. The second-order valence-electron chi connectivity index (χ2n) is 5.04. The van der Waals surface area contributed by atoms with Crippen LogP contribution in [0, 0.1) is 6.92 Å². The molecule has 0 aliphatic heterocycles. The van der Waals surface area contributed by atoms with Crippen LogP contribution in [0.15, 0.2) is 58.2 Å². The summed E-state index contributed by atoms with van der Waals surface area (Å²) in [6.07, 6.45) is 0. The Morgan fingerprint density at radius 2 is 1.92 bits per heavy atom. The maximum absolute atomic E-state index is 12.0. The zero-order chi connectivity index (χ0) is 16.9. The van der Waals surface area contributed by atoms with Crippen LogP contribution < -0.4 is 5.32 Å². The van der Waals surface area contributed by atoms with Gasteiger partial charge >= 0.3 is 0 Å². The molecule has 3 rings (SSSR count). The van der Waals surface area contributed by atoms with Crippen molar-refractivity contribution in [2.45, 2.75) is 12.1 Å². The first-order valence-corrected chi connectivity index (χ1v) is 8.22. The Hall–Kier alpha value is -2.80. The Kier molecular flexibility index (Phi) is 4.81. The molecule has 3 aromatic rings. The molecule has 1 aromatic heterocycles. The molecular formula is C17H15N3O3S. The second kappa shape index (κ2) is 7.18. The molecule has 2 N–H and O–H groups in total. The van der Waals surface area contributed by atoms with E-state index in [0.29, 0.717) is 5.56 Å². The van der Waals surface area contributed by atoms with Crippen molar-refractivity contribution in [3.8, 4) is 17.2 Å². The Labute approximate surface area is 142 Å². The first-order valence-electron chi connectivity index (χ1n) is 7.23. The van der Waals surface area contributed by atoms with Crippen LogP contribution in [0.1, 0.15) is 5.56 Å². The first kappa shape index (κ1) is 16.1. The van der Waals surface area contributed by atoms with E-state index in [1.165, 1.54) is 0 Å². The predicted molar refractivity (Wildman–Crippen MR) is 91.9 cm³/mol. The SMILES string of the molecule is Cc1ccccc1NC(=O)CSc1nnc(-c2ccccc2O)o1. The van der Waals surface area contributed by atoms with Crippen LogP contribution in [0.2, 0.25) is 0 Å².